The van der Waals surface area contributed by atoms with Crippen LogP contribution in [-0.4, -0.2) is 53.5 Å². The van der Waals surface area contributed by atoms with Crippen molar-refractivity contribution >= 4 is 28.3 Å². The summed E-state index contributed by atoms with van der Waals surface area (Å²) in [5.41, 5.74) is 5.28. The van der Waals surface area contributed by atoms with Gasteiger partial charge < -0.3 is 15.1 Å². The van der Waals surface area contributed by atoms with E-state index in [1.165, 1.54) is 11.3 Å². The molecule has 0 radical (unpaired) electrons. The van der Waals surface area contributed by atoms with Gasteiger partial charge in [0.15, 0.2) is 0 Å². The van der Waals surface area contributed by atoms with E-state index in [-0.39, 0.29) is 22.6 Å². The van der Waals surface area contributed by atoms with Gasteiger partial charge in [-0.2, -0.15) is 0 Å². The maximum atomic E-state index is 12.6. The van der Waals surface area contributed by atoms with Crippen LogP contribution in [0, 0.1) is 0 Å². The zero-order valence-electron chi connectivity index (χ0n) is 19.8. The van der Waals surface area contributed by atoms with Crippen molar-refractivity contribution in [3.8, 4) is 0 Å². The Morgan fingerprint density at radius 3 is 2.58 bits per heavy atom. The second-order valence-electron chi connectivity index (χ2n) is 10.4. The van der Waals surface area contributed by atoms with Crippen LogP contribution in [0.1, 0.15) is 60.6 Å². The van der Waals surface area contributed by atoms with Crippen molar-refractivity contribution in [3.63, 3.8) is 0 Å². The van der Waals surface area contributed by atoms with Crippen LogP contribution in [0.5, 0.6) is 0 Å². The molecule has 7 heteroatoms. The van der Waals surface area contributed by atoms with Gasteiger partial charge in [0.2, 0.25) is 0 Å². The summed E-state index contributed by atoms with van der Waals surface area (Å²) in [5, 5.41) is 3.85. The zero-order valence-corrected chi connectivity index (χ0v) is 20.6. The van der Waals surface area contributed by atoms with Gasteiger partial charge in [-0.15, -0.1) is 0 Å². The molecule has 3 aliphatic rings. The van der Waals surface area contributed by atoms with Gasteiger partial charge in [0, 0.05) is 43.1 Å². The lowest BCUT2D eigenvalue weighted by atomic mass is 9.73. The summed E-state index contributed by atoms with van der Waals surface area (Å²) in [6.45, 7) is 8.79. The molecule has 2 aromatic carbocycles. The fourth-order valence-electron chi connectivity index (χ4n) is 4.95. The monoisotopic (exact) mass is 466 g/mol. The number of benzene rings is 2. The SMILES string of the molecule is CN1CCN(c2cccc(C3CC(C)(C)c4cc(C(=O)NS(=O)C5CC5)ccc4N3)c2)CC1. The first-order valence-corrected chi connectivity index (χ1v) is 13.2. The molecule has 0 bridgehead atoms. The van der Waals surface area contributed by atoms with Gasteiger partial charge in [0.25, 0.3) is 5.91 Å². The molecule has 2 fully saturated rings. The fraction of sp³-hybridized carbons (Fsp3) is 0.500. The third-order valence-corrected chi connectivity index (χ3v) is 8.68. The summed E-state index contributed by atoms with van der Waals surface area (Å²) in [4.78, 5) is 17.5. The third kappa shape index (κ3) is 4.80. The van der Waals surface area contributed by atoms with Crippen LogP contribution < -0.4 is 14.9 Å². The van der Waals surface area contributed by atoms with Gasteiger partial charge in [0.05, 0.1) is 11.3 Å². The van der Waals surface area contributed by atoms with E-state index in [0.717, 1.165) is 56.7 Å². The number of hydrogen-bond acceptors (Lipinski definition) is 5. The van der Waals surface area contributed by atoms with Gasteiger partial charge in [-0.25, -0.2) is 4.21 Å². The molecule has 1 aliphatic carbocycles. The molecular formula is C26H34N4O2S. The average Bonchev–Trinajstić information content (AvgIpc) is 3.65. The Labute approximate surface area is 199 Å². The van der Waals surface area contributed by atoms with Gasteiger partial charge in [-0.1, -0.05) is 26.0 Å². The van der Waals surface area contributed by atoms with Gasteiger partial charge in [0.1, 0.15) is 11.0 Å². The van der Waals surface area contributed by atoms with E-state index in [0.29, 0.717) is 5.56 Å². The summed E-state index contributed by atoms with van der Waals surface area (Å²) in [7, 11) is 0.910. The maximum absolute atomic E-state index is 12.6. The smallest absolute Gasteiger partial charge is 0.262 e. The Kier molecular flexibility index (Phi) is 5.95. The molecule has 176 valence electrons. The number of hydrogen-bond donors (Lipinski definition) is 2. The van der Waals surface area contributed by atoms with Gasteiger partial charge >= 0.3 is 0 Å². The highest BCUT2D eigenvalue weighted by atomic mass is 32.2. The standard InChI is InChI=1S/C26H34N4O2S/c1-26(2)17-24(18-5-4-6-20(15-18)30-13-11-29(3)12-14-30)27-23-10-7-19(16-22(23)26)25(31)28-33(32)21-8-9-21/h4-7,10,15-16,21,24,27H,8-9,11-14,17H2,1-3H3,(H,28,31). The molecule has 33 heavy (non-hydrogen) atoms. The number of carbonyl (C=O) groups is 1. The van der Waals surface area contributed by atoms with Crippen LogP contribution >= 0.6 is 0 Å². The molecule has 0 spiro atoms. The van der Waals surface area contributed by atoms with Crippen LogP contribution in [0.15, 0.2) is 42.5 Å². The van der Waals surface area contributed by atoms with E-state index in [9.17, 15) is 9.00 Å². The number of rotatable bonds is 5. The topological polar surface area (TPSA) is 64.7 Å². The van der Waals surface area contributed by atoms with E-state index in [2.05, 4.69) is 65.0 Å². The van der Waals surface area contributed by atoms with Gasteiger partial charge in [-0.05, 0) is 73.2 Å². The van der Waals surface area contributed by atoms with E-state index < -0.39 is 11.0 Å². The van der Waals surface area contributed by atoms with Crippen molar-refractivity contribution < 1.29 is 9.00 Å². The zero-order chi connectivity index (χ0) is 23.2. The lowest BCUT2D eigenvalue weighted by Gasteiger charge is -2.40. The first-order chi connectivity index (χ1) is 15.8. The third-order valence-electron chi connectivity index (χ3n) is 7.22. The Morgan fingerprint density at radius 2 is 1.85 bits per heavy atom. The summed E-state index contributed by atoms with van der Waals surface area (Å²) < 4.78 is 14.8. The first-order valence-electron chi connectivity index (χ1n) is 12.0. The van der Waals surface area contributed by atoms with Crippen molar-refractivity contribution in [1.82, 2.24) is 9.62 Å². The summed E-state index contributed by atoms with van der Waals surface area (Å²) in [6, 6.07) is 15.0. The molecule has 2 unspecified atom stereocenters. The van der Waals surface area contributed by atoms with Gasteiger partial charge in [-0.3, -0.25) is 9.52 Å². The molecule has 2 atom stereocenters. The van der Waals surface area contributed by atoms with Crippen LogP contribution in [0.2, 0.25) is 0 Å². The molecular weight excluding hydrogens is 432 g/mol. The van der Waals surface area contributed by atoms with Crippen LogP contribution in [-0.2, 0) is 16.4 Å². The van der Waals surface area contributed by atoms with Crippen molar-refractivity contribution in [1.29, 1.82) is 0 Å². The molecule has 5 rings (SSSR count). The van der Waals surface area contributed by atoms with Crippen LogP contribution in [0.3, 0.4) is 0 Å². The van der Waals surface area contributed by atoms with Crippen molar-refractivity contribution in [3.05, 3.63) is 59.2 Å². The minimum Gasteiger partial charge on any atom is -0.378 e. The molecule has 1 amide bonds. The Hall–Kier alpha value is -2.38. The number of fused-ring (bicyclic) bond motifs is 1. The Balaban J connectivity index is 1.35. The molecule has 2 aromatic rings. The van der Waals surface area contributed by atoms with Crippen molar-refractivity contribution in [2.24, 2.45) is 0 Å². The second-order valence-corrected chi connectivity index (χ2v) is 11.8. The number of likely N-dealkylation sites (N-methyl/N-ethyl adjacent to an activating group) is 1. The summed E-state index contributed by atoms with van der Waals surface area (Å²) in [6.07, 6.45) is 2.81. The van der Waals surface area contributed by atoms with E-state index in [1.54, 1.807) is 0 Å². The summed E-state index contributed by atoms with van der Waals surface area (Å²) >= 11 is 0. The highest BCUT2D eigenvalue weighted by Gasteiger charge is 2.35. The first kappa shape index (κ1) is 22.4. The van der Waals surface area contributed by atoms with Crippen molar-refractivity contribution in [2.75, 3.05) is 43.4 Å². The minimum atomic E-state index is -1.27. The quantitative estimate of drug-likeness (QED) is 0.701. The average molecular weight is 467 g/mol. The number of nitrogens with zero attached hydrogens (tertiary/aromatic N) is 2. The van der Waals surface area contributed by atoms with Crippen molar-refractivity contribution in [2.45, 2.75) is 49.8 Å². The molecule has 2 N–H and O–H groups in total. The number of anilines is 2. The molecule has 1 saturated heterocycles. The van der Waals surface area contributed by atoms with Crippen LogP contribution in [0.25, 0.3) is 0 Å². The number of piperazine rings is 1. The van der Waals surface area contributed by atoms with Crippen LogP contribution in [0.4, 0.5) is 11.4 Å². The molecule has 0 aromatic heterocycles. The largest absolute Gasteiger partial charge is 0.378 e. The number of amides is 1. The molecule has 1 saturated carbocycles. The van der Waals surface area contributed by atoms with E-state index in [4.69, 9.17) is 0 Å². The predicted octanol–water partition coefficient (Wildman–Crippen LogP) is 3.83. The highest BCUT2D eigenvalue weighted by molar-refractivity contribution is 7.84. The lowest BCUT2D eigenvalue weighted by molar-refractivity contribution is 0.0982. The predicted molar refractivity (Wildman–Crippen MR) is 135 cm³/mol. The lowest BCUT2D eigenvalue weighted by Crippen LogP contribution is -2.44. The number of nitrogens with one attached hydrogen (secondary N) is 2. The molecule has 6 nitrogen and oxygen atoms in total. The molecule has 2 heterocycles. The Morgan fingerprint density at radius 1 is 1.09 bits per heavy atom. The fourth-order valence-corrected chi connectivity index (χ4v) is 5.98. The molecule has 2 aliphatic heterocycles. The van der Waals surface area contributed by atoms with E-state index >= 15 is 0 Å². The normalized spacial score (nSPS) is 23.4. The summed E-state index contributed by atoms with van der Waals surface area (Å²) in [5.74, 6) is -0.249. The highest BCUT2D eigenvalue weighted by Crippen LogP contribution is 2.44. The Bertz CT molecular complexity index is 1070. The second kappa shape index (κ2) is 8.76. The maximum Gasteiger partial charge on any atom is 0.262 e. The number of carbonyl (C=O) groups excluding carboxylic acids is 1. The minimum absolute atomic E-state index is 0.0962. The van der Waals surface area contributed by atoms with E-state index in [1.807, 2.05) is 18.2 Å².